The summed E-state index contributed by atoms with van der Waals surface area (Å²) in [6.07, 6.45) is 3.20. The van der Waals surface area contributed by atoms with Gasteiger partial charge in [-0.3, -0.25) is 4.90 Å². The van der Waals surface area contributed by atoms with Gasteiger partial charge in [0.25, 0.3) is 0 Å². The van der Waals surface area contributed by atoms with Gasteiger partial charge in [-0.25, -0.2) is 19.3 Å². The fraction of sp³-hybridized carbons (Fsp3) is 0.320. The number of nitrogens with one attached hydrogen (secondary N) is 1. The van der Waals surface area contributed by atoms with Crippen LogP contribution in [0.4, 0.5) is 15.9 Å². The number of hydrogen-bond acceptors (Lipinski definition) is 8. The minimum absolute atomic E-state index is 0.0300. The van der Waals surface area contributed by atoms with Gasteiger partial charge in [-0.05, 0) is 30.7 Å². The molecule has 35 heavy (non-hydrogen) atoms. The third-order valence-electron chi connectivity index (χ3n) is 5.90. The Morgan fingerprint density at radius 2 is 2.09 bits per heavy atom. The quantitative estimate of drug-likeness (QED) is 0.328. The van der Waals surface area contributed by atoms with Crippen LogP contribution in [0.5, 0.6) is 11.5 Å². The van der Waals surface area contributed by atoms with E-state index in [1.807, 2.05) is 19.1 Å². The first-order valence-corrected chi connectivity index (χ1v) is 11.7. The summed E-state index contributed by atoms with van der Waals surface area (Å²) in [6.45, 7) is 5.02. The lowest BCUT2D eigenvalue weighted by Gasteiger charge is -2.24. The Morgan fingerprint density at radius 1 is 1.20 bits per heavy atom. The molecule has 5 rings (SSSR count). The van der Waals surface area contributed by atoms with Crippen LogP contribution in [0.15, 0.2) is 41.1 Å². The van der Waals surface area contributed by atoms with Crippen molar-refractivity contribution in [3.63, 3.8) is 0 Å². The predicted octanol–water partition coefficient (Wildman–Crippen LogP) is 5.30. The third-order valence-corrected chi connectivity index (χ3v) is 6.19. The minimum atomic E-state index is -0.480. The first-order chi connectivity index (χ1) is 17.0. The summed E-state index contributed by atoms with van der Waals surface area (Å²) in [6, 6.07) is 8.08. The van der Waals surface area contributed by atoms with Crippen molar-refractivity contribution >= 4 is 34.0 Å². The van der Waals surface area contributed by atoms with Gasteiger partial charge in [-0.1, -0.05) is 11.6 Å². The maximum absolute atomic E-state index is 13.5. The number of fused-ring (bicyclic) bond motifs is 2. The van der Waals surface area contributed by atoms with Crippen LogP contribution in [0.2, 0.25) is 5.02 Å². The average Bonchev–Trinajstić information content (AvgIpc) is 3.23. The molecule has 182 valence electrons. The van der Waals surface area contributed by atoms with Crippen LogP contribution in [-0.4, -0.2) is 46.7 Å². The van der Waals surface area contributed by atoms with Crippen LogP contribution < -0.4 is 14.8 Å². The lowest BCUT2D eigenvalue weighted by molar-refractivity contribution is 0.202. The molecule has 0 saturated heterocycles. The van der Waals surface area contributed by atoms with Crippen LogP contribution in [0, 0.1) is 12.7 Å². The number of aromatic nitrogens is 3. The highest BCUT2D eigenvalue weighted by molar-refractivity contribution is 6.31. The highest BCUT2D eigenvalue weighted by Crippen LogP contribution is 2.35. The number of ether oxygens (including phenoxy) is 2. The number of methoxy groups -OCH3 is 1. The lowest BCUT2D eigenvalue weighted by Crippen LogP contribution is -2.31. The van der Waals surface area contributed by atoms with Crippen molar-refractivity contribution in [1.82, 2.24) is 19.9 Å². The Kier molecular flexibility index (Phi) is 6.70. The standard InChI is InChI=1S/C25H25ClFN5O3/c1-15-30-20-6-8-32(13-24(20)35-15)7-3-9-34-23-11-17-21(12-22(23)33-2)28-14-29-25(17)31-16-4-5-19(27)18(26)10-16/h4-5,10-12,14H,3,6-9,13H2,1-2H3,(H,28,29,31). The molecule has 1 aliphatic heterocycles. The zero-order valence-corrected chi connectivity index (χ0v) is 20.2. The number of oxazole rings is 1. The molecule has 8 nitrogen and oxygen atoms in total. The van der Waals surface area contributed by atoms with Crippen molar-refractivity contribution in [2.45, 2.75) is 26.3 Å². The molecule has 0 saturated carbocycles. The number of halogens is 2. The molecule has 2 aromatic carbocycles. The van der Waals surface area contributed by atoms with Crippen molar-refractivity contribution in [3.8, 4) is 11.5 Å². The molecule has 0 radical (unpaired) electrons. The van der Waals surface area contributed by atoms with E-state index in [1.165, 1.54) is 18.5 Å². The molecule has 0 aliphatic carbocycles. The first kappa shape index (κ1) is 23.3. The Morgan fingerprint density at radius 3 is 2.91 bits per heavy atom. The van der Waals surface area contributed by atoms with Crippen molar-refractivity contribution in [3.05, 3.63) is 64.8 Å². The van der Waals surface area contributed by atoms with Gasteiger partial charge in [-0.15, -0.1) is 0 Å². The van der Waals surface area contributed by atoms with Gasteiger partial charge >= 0.3 is 0 Å². The van der Waals surface area contributed by atoms with Crippen molar-refractivity contribution in [2.75, 3.05) is 32.1 Å². The Bertz CT molecular complexity index is 1360. The van der Waals surface area contributed by atoms with Crippen LogP contribution in [-0.2, 0) is 13.0 Å². The monoisotopic (exact) mass is 497 g/mol. The second-order valence-electron chi connectivity index (χ2n) is 8.33. The molecule has 3 heterocycles. The Balaban J connectivity index is 1.27. The third kappa shape index (κ3) is 5.16. The number of anilines is 2. The fourth-order valence-electron chi connectivity index (χ4n) is 4.19. The summed E-state index contributed by atoms with van der Waals surface area (Å²) in [4.78, 5) is 15.5. The highest BCUT2D eigenvalue weighted by Gasteiger charge is 2.21. The largest absolute Gasteiger partial charge is 0.493 e. The van der Waals surface area contributed by atoms with Crippen LogP contribution >= 0.6 is 11.6 Å². The second-order valence-corrected chi connectivity index (χ2v) is 8.73. The van der Waals surface area contributed by atoms with Gasteiger partial charge in [0.2, 0.25) is 0 Å². The Hall–Kier alpha value is -3.43. The van der Waals surface area contributed by atoms with Crippen LogP contribution in [0.1, 0.15) is 23.8 Å². The molecule has 0 spiro atoms. The van der Waals surface area contributed by atoms with E-state index in [9.17, 15) is 4.39 Å². The average molecular weight is 498 g/mol. The maximum Gasteiger partial charge on any atom is 0.191 e. The van der Waals surface area contributed by atoms with Crippen molar-refractivity contribution < 1.29 is 18.3 Å². The smallest absolute Gasteiger partial charge is 0.191 e. The van der Waals surface area contributed by atoms with Gasteiger partial charge in [0.05, 0.1) is 36.5 Å². The number of rotatable bonds is 8. The predicted molar refractivity (Wildman–Crippen MR) is 131 cm³/mol. The van der Waals surface area contributed by atoms with E-state index in [1.54, 1.807) is 13.2 Å². The number of aryl methyl sites for hydroxylation is 1. The first-order valence-electron chi connectivity index (χ1n) is 11.4. The number of hydrogen-bond donors (Lipinski definition) is 1. The zero-order chi connectivity index (χ0) is 24.4. The van der Waals surface area contributed by atoms with Gasteiger partial charge < -0.3 is 19.2 Å². The van der Waals surface area contributed by atoms with Gasteiger partial charge in [0.15, 0.2) is 17.4 Å². The van der Waals surface area contributed by atoms with E-state index in [0.29, 0.717) is 35.1 Å². The van der Waals surface area contributed by atoms with E-state index in [2.05, 4.69) is 25.2 Å². The van der Waals surface area contributed by atoms with Gasteiger partial charge in [0.1, 0.15) is 23.7 Å². The normalized spacial score (nSPS) is 13.6. The highest BCUT2D eigenvalue weighted by atomic mass is 35.5. The summed E-state index contributed by atoms with van der Waals surface area (Å²) in [7, 11) is 1.60. The van der Waals surface area contributed by atoms with Crippen LogP contribution in [0.25, 0.3) is 10.9 Å². The van der Waals surface area contributed by atoms with Crippen molar-refractivity contribution in [1.29, 1.82) is 0 Å². The number of nitrogens with zero attached hydrogens (tertiary/aromatic N) is 4. The van der Waals surface area contributed by atoms with Crippen LogP contribution in [0.3, 0.4) is 0 Å². The topological polar surface area (TPSA) is 85.5 Å². The van der Waals surface area contributed by atoms with Crippen molar-refractivity contribution in [2.24, 2.45) is 0 Å². The summed E-state index contributed by atoms with van der Waals surface area (Å²) >= 11 is 5.92. The van der Waals surface area contributed by atoms with E-state index >= 15 is 0 Å². The molecule has 0 amide bonds. The van der Waals surface area contributed by atoms with E-state index in [-0.39, 0.29) is 5.02 Å². The van der Waals surface area contributed by atoms with E-state index in [4.69, 9.17) is 25.5 Å². The summed E-state index contributed by atoms with van der Waals surface area (Å²) in [5.74, 6) is 2.95. The molecule has 4 aromatic rings. The lowest BCUT2D eigenvalue weighted by atomic mass is 10.1. The zero-order valence-electron chi connectivity index (χ0n) is 19.5. The second kappa shape index (κ2) is 10.1. The van der Waals surface area contributed by atoms with Gasteiger partial charge in [-0.2, -0.15) is 0 Å². The maximum atomic E-state index is 13.5. The molecule has 0 bridgehead atoms. The van der Waals surface area contributed by atoms with Gasteiger partial charge in [0, 0.05) is 43.6 Å². The van der Waals surface area contributed by atoms with E-state index in [0.717, 1.165) is 55.2 Å². The molecular weight excluding hydrogens is 473 g/mol. The molecule has 0 fully saturated rings. The molecule has 1 aliphatic rings. The summed E-state index contributed by atoms with van der Waals surface area (Å²) in [5.41, 5.74) is 2.37. The summed E-state index contributed by atoms with van der Waals surface area (Å²) in [5, 5.41) is 3.95. The minimum Gasteiger partial charge on any atom is -0.493 e. The molecule has 0 unspecified atom stereocenters. The number of benzene rings is 2. The molecule has 2 aromatic heterocycles. The molecular formula is C25H25ClFN5O3. The summed E-state index contributed by atoms with van der Waals surface area (Å²) < 4.78 is 30.9. The SMILES string of the molecule is COc1cc2ncnc(Nc3ccc(F)c(Cl)c3)c2cc1OCCCN1CCc2nc(C)oc2C1. The Labute approximate surface area is 207 Å². The fourth-order valence-corrected chi connectivity index (χ4v) is 4.37. The molecule has 0 atom stereocenters. The molecule has 10 heteroatoms. The van der Waals surface area contributed by atoms with E-state index < -0.39 is 5.82 Å². The molecule has 1 N–H and O–H groups in total.